The highest BCUT2D eigenvalue weighted by Crippen LogP contribution is 2.10. The van der Waals surface area contributed by atoms with E-state index in [4.69, 9.17) is 5.73 Å². The summed E-state index contributed by atoms with van der Waals surface area (Å²) >= 11 is 0. The molecule has 0 aromatic heterocycles. The fourth-order valence-electron chi connectivity index (χ4n) is 2.66. The van der Waals surface area contributed by atoms with Crippen LogP contribution in [0.2, 0.25) is 0 Å². The van der Waals surface area contributed by atoms with Crippen LogP contribution in [0, 0.1) is 0 Å². The van der Waals surface area contributed by atoms with Crippen LogP contribution < -0.4 is 11.1 Å². The molecule has 0 aromatic rings. The summed E-state index contributed by atoms with van der Waals surface area (Å²) in [7, 11) is 2.51. The van der Waals surface area contributed by atoms with Gasteiger partial charge in [-0.25, -0.2) is 4.79 Å². The maximum absolute atomic E-state index is 12.2. The second-order valence-corrected chi connectivity index (χ2v) is 6.57. The first kappa shape index (κ1) is 24.4. The van der Waals surface area contributed by atoms with Gasteiger partial charge in [0, 0.05) is 6.42 Å². The van der Waals surface area contributed by atoms with Gasteiger partial charge in [0.25, 0.3) is 0 Å². The molecule has 0 aliphatic rings. The predicted octanol–water partition coefficient (Wildman–Crippen LogP) is 2.46. The molecule has 0 saturated carbocycles. The van der Waals surface area contributed by atoms with Gasteiger partial charge in [-0.2, -0.15) is 0 Å². The summed E-state index contributed by atoms with van der Waals surface area (Å²) in [6.45, 7) is 2.20. The zero-order valence-corrected chi connectivity index (χ0v) is 16.6. The summed E-state index contributed by atoms with van der Waals surface area (Å²) in [5.41, 5.74) is 5.91. The first-order valence-corrected chi connectivity index (χ1v) is 9.66. The number of nitrogens with one attached hydrogen (secondary N) is 1. The molecule has 0 unspecified atom stereocenters. The van der Waals surface area contributed by atoms with E-state index in [1.165, 1.54) is 46.3 Å². The lowest BCUT2D eigenvalue weighted by Crippen LogP contribution is -2.48. The van der Waals surface area contributed by atoms with Crippen molar-refractivity contribution in [1.29, 1.82) is 0 Å². The van der Waals surface area contributed by atoms with Gasteiger partial charge in [0.05, 0.1) is 20.3 Å². The number of unbranched alkanes of at least 4 members (excludes halogenated alkanes) is 7. The lowest BCUT2D eigenvalue weighted by Gasteiger charge is -2.19. The molecule has 2 atom stereocenters. The van der Waals surface area contributed by atoms with E-state index in [1.807, 2.05) is 0 Å². The van der Waals surface area contributed by atoms with Crippen LogP contribution in [0.5, 0.6) is 0 Å². The minimum Gasteiger partial charge on any atom is -0.469 e. The summed E-state index contributed by atoms with van der Waals surface area (Å²) in [4.78, 5) is 35.1. The minimum absolute atomic E-state index is 0.0177. The number of amides is 1. The van der Waals surface area contributed by atoms with Crippen LogP contribution in [0.4, 0.5) is 0 Å². The van der Waals surface area contributed by atoms with Crippen molar-refractivity contribution < 1.29 is 23.9 Å². The molecular weight excluding hydrogens is 336 g/mol. The van der Waals surface area contributed by atoms with E-state index in [0.717, 1.165) is 19.3 Å². The van der Waals surface area contributed by atoms with Crippen molar-refractivity contribution >= 4 is 17.8 Å². The molecule has 0 spiro atoms. The Labute approximate surface area is 157 Å². The van der Waals surface area contributed by atoms with Gasteiger partial charge in [0.1, 0.15) is 6.04 Å². The molecule has 0 heterocycles. The molecule has 1 amide bonds. The lowest BCUT2D eigenvalue weighted by molar-refractivity contribution is -0.146. The van der Waals surface area contributed by atoms with Crippen LogP contribution in [0.1, 0.15) is 77.6 Å². The lowest BCUT2D eigenvalue weighted by atomic mass is 10.0. The number of rotatable bonds is 15. The molecule has 3 N–H and O–H groups in total. The molecule has 0 aliphatic carbocycles. The van der Waals surface area contributed by atoms with E-state index in [-0.39, 0.29) is 12.8 Å². The number of methoxy groups -OCH3 is 2. The molecule has 0 fully saturated rings. The Morgan fingerprint density at radius 2 is 1.46 bits per heavy atom. The van der Waals surface area contributed by atoms with Crippen molar-refractivity contribution in [3.8, 4) is 0 Å². The third-order valence-electron chi connectivity index (χ3n) is 4.37. The van der Waals surface area contributed by atoms with E-state index in [1.54, 1.807) is 0 Å². The number of esters is 2. The average molecular weight is 373 g/mol. The van der Waals surface area contributed by atoms with Crippen molar-refractivity contribution in [3.63, 3.8) is 0 Å². The Morgan fingerprint density at radius 3 is 2.00 bits per heavy atom. The van der Waals surface area contributed by atoms with Gasteiger partial charge in [-0.1, -0.05) is 58.3 Å². The fourth-order valence-corrected chi connectivity index (χ4v) is 2.66. The van der Waals surface area contributed by atoms with Crippen LogP contribution in [0.3, 0.4) is 0 Å². The summed E-state index contributed by atoms with van der Waals surface area (Å²) < 4.78 is 9.21. The minimum atomic E-state index is -0.892. The van der Waals surface area contributed by atoms with Crippen LogP contribution >= 0.6 is 0 Å². The Kier molecular flexibility index (Phi) is 14.6. The van der Waals surface area contributed by atoms with Crippen molar-refractivity contribution in [2.75, 3.05) is 14.2 Å². The van der Waals surface area contributed by atoms with E-state index in [9.17, 15) is 14.4 Å². The zero-order chi connectivity index (χ0) is 19.8. The SMILES string of the molecule is CCCCCCCCCC[C@H](N)C(=O)N[C@@H](CCC(=O)OC)C(=O)OC. The smallest absolute Gasteiger partial charge is 0.328 e. The summed E-state index contributed by atoms with van der Waals surface area (Å²) in [5, 5.41) is 2.58. The average Bonchev–Trinajstić information content (AvgIpc) is 2.65. The molecule has 26 heavy (non-hydrogen) atoms. The predicted molar refractivity (Wildman–Crippen MR) is 100 cm³/mol. The van der Waals surface area contributed by atoms with Gasteiger partial charge < -0.3 is 20.5 Å². The van der Waals surface area contributed by atoms with Crippen molar-refractivity contribution in [2.24, 2.45) is 5.73 Å². The van der Waals surface area contributed by atoms with Crippen LogP contribution in [0.15, 0.2) is 0 Å². The summed E-state index contributed by atoms with van der Waals surface area (Å²) in [6.07, 6.45) is 10.1. The highest BCUT2D eigenvalue weighted by Gasteiger charge is 2.25. The highest BCUT2D eigenvalue weighted by atomic mass is 16.5. The highest BCUT2D eigenvalue weighted by molar-refractivity contribution is 5.87. The first-order chi connectivity index (χ1) is 12.5. The van der Waals surface area contributed by atoms with Gasteiger partial charge in [-0.05, 0) is 12.8 Å². The molecule has 0 radical (unpaired) electrons. The van der Waals surface area contributed by atoms with Crippen LogP contribution in [-0.4, -0.2) is 44.1 Å². The van der Waals surface area contributed by atoms with Gasteiger partial charge in [-0.3, -0.25) is 9.59 Å². The number of carbonyl (C=O) groups excluding carboxylic acids is 3. The van der Waals surface area contributed by atoms with E-state index in [0.29, 0.717) is 6.42 Å². The van der Waals surface area contributed by atoms with Crippen molar-refractivity contribution in [3.05, 3.63) is 0 Å². The van der Waals surface area contributed by atoms with Gasteiger partial charge >= 0.3 is 11.9 Å². The Bertz CT molecular complexity index is 415. The second kappa shape index (κ2) is 15.6. The Morgan fingerprint density at radius 1 is 0.885 bits per heavy atom. The zero-order valence-electron chi connectivity index (χ0n) is 16.6. The number of carbonyl (C=O) groups is 3. The normalized spacial score (nSPS) is 12.9. The van der Waals surface area contributed by atoms with Gasteiger partial charge in [-0.15, -0.1) is 0 Å². The number of ether oxygens (including phenoxy) is 2. The van der Waals surface area contributed by atoms with Gasteiger partial charge in [0.2, 0.25) is 5.91 Å². The second-order valence-electron chi connectivity index (χ2n) is 6.57. The van der Waals surface area contributed by atoms with E-state index in [2.05, 4.69) is 21.7 Å². The van der Waals surface area contributed by atoms with Gasteiger partial charge in [0.15, 0.2) is 0 Å². The van der Waals surface area contributed by atoms with Crippen molar-refractivity contribution in [1.82, 2.24) is 5.32 Å². The largest absolute Gasteiger partial charge is 0.469 e. The molecule has 0 rings (SSSR count). The quantitative estimate of drug-likeness (QED) is 0.338. The number of nitrogens with two attached hydrogens (primary N) is 1. The van der Waals surface area contributed by atoms with Crippen LogP contribution in [-0.2, 0) is 23.9 Å². The molecule has 0 aliphatic heterocycles. The van der Waals surface area contributed by atoms with Crippen LogP contribution in [0.25, 0.3) is 0 Å². The summed E-state index contributed by atoms with van der Waals surface area (Å²) in [5.74, 6) is -1.44. The standard InChI is InChI=1S/C19H36N2O5/c1-4-5-6-7-8-9-10-11-12-15(20)18(23)21-16(19(24)26-3)13-14-17(22)25-2/h15-16H,4-14,20H2,1-3H3,(H,21,23)/t15-,16-/m0/s1. The molecule has 0 aromatic carbocycles. The molecule has 0 bridgehead atoms. The molecule has 0 saturated heterocycles. The fraction of sp³-hybridized carbons (Fsp3) is 0.842. The first-order valence-electron chi connectivity index (χ1n) is 9.66. The maximum Gasteiger partial charge on any atom is 0.328 e. The molecular formula is C19H36N2O5. The Hall–Kier alpha value is -1.63. The maximum atomic E-state index is 12.2. The molecule has 7 heteroatoms. The molecule has 152 valence electrons. The van der Waals surface area contributed by atoms with E-state index < -0.39 is 29.9 Å². The number of hydrogen-bond acceptors (Lipinski definition) is 6. The number of hydrogen-bond donors (Lipinski definition) is 2. The van der Waals surface area contributed by atoms with Crippen molar-refractivity contribution in [2.45, 2.75) is 89.6 Å². The molecule has 7 nitrogen and oxygen atoms in total. The summed E-state index contributed by atoms with van der Waals surface area (Å²) in [6, 6.07) is -1.56. The third-order valence-corrected chi connectivity index (χ3v) is 4.37. The van der Waals surface area contributed by atoms with E-state index >= 15 is 0 Å². The topological polar surface area (TPSA) is 108 Å². The Balaban J connectivity index is 4.10. The third kappa shape index (κ3) is 11.8. The monoisotopic (exact) mass is 372 g/mol.